The van der Waals surface area contributed by atoms with Crippen LogP contribution in [0.4, 0.5) is 10.1 Å². The van der Waals surface area contributed by atoms with E-state index in [0.29, 0.717) is 18.7 Å². The smallest absolute Gasteiger partial charge is 0.316 e. The first-order valence-corrected chi connectivity index (χ1v) is 9.23. The molecule has 140 valence electrons. The topological polar surface area (TPSA) is 77.7 Å². The van der Waals surface area contributed by atoms with Gasteiger partial charge in [0.25, 0.3) is 0 Å². The fraction of sp³-hybridized carbons (Fsp3) is 0.211. The Balaban J connectivity index is 2.04. The van der Waals surface area contributed by atoms with Gasteiger partial charge in [-0.05, 0) is 47.9 Å². The number of aromatic nitrogens is 1. The molecule has 0 saturated heterocycles. The molecule has 0 aliphatic heterocycles. The van der Waals surface area contributed by atoms with Crippen LogP contribution in [0.5, 0.6) is 0 Å². The number of rotatable bonds is 6. The van der Waals surface area contributed by atoms with E-state index < -0.39 is 10.5 Å². The molecular formula is C19H17FN2O4S. The van der Waals surface area contributed by atoms with Crippen molar-refractivity contribution in [2.75, 3.05) is 7.11 Å². The average molecular weight is 388 g/mol. The number of fused-ring (bicyclic) bond motifs is 1. The van der Waals surface area contributed by atoms with Crippen molar-refractivity contribution in [2.24, 2.45) is 4.36 Å². The van der Waals surface area contributed by atoms with Gasteiger partial charge in [-0.1, -0.05) is 12.1 Å². The maximum Gasteiger partial charge on any atom is 0.316 e. The average Bonchev–Trinajstić information content (AvgIpc) is 2.98. The number of halogens is 1. The molecule has 0 N–H and O–H groups in total. The summed E-state index contributed by atoms with van der Waals surface area (Å²) < 4.78 is 45.0. The molecule has 27 heavy (non-hydrogen) atoms. The van der Waals surface area contributed by atoms with Crippen LogP contribution in [-0.4, -0.2) is 26.1 Å². The van der Waals surface area contributed by atoms with Gasteiger partial charge in [-0.15, -0.1) is 4.36 Å². The molecule has 0 bridgehead atoms. The number of carbonyl (C=O) groups is 1. The lowest BCUT2D eigenvalue weighted by Crippen LogP contribution is -2.06. The van der Waals surface area contributed by atoms with Crippen molar-refractivity contribution >= 4 is 33.1 Å². The summed E-state index contributed by atoms with van der Waals surface area (Å²) in [5, 5.41) is 0.830. The van der Waals surface area contributed by atoms with Crippen molar-refractivity contribution in [3.8, 4) is 0 Å². The molecule has 0 atom stereocenters. The molecule has 0 saturated carbocycles. The fourth-order valence-electron chi connectivity index (χ4n) is 2.96. The van der Waals surface area contributed by atoms with Gasteiger partial charge < -0.3 is 9.30 Å². The zero-order valence-corrected chi connectivity index (χ0v) is 15.4. The Morgan fingerprint density at radius 3 is 2.59 bits per heavy atom. The highest BCUT2D eigenvalue weighted by Gasteiger charge is 2.12. The van der Waals surface area contributed by atoms with Crippen LogP contribution < -0.4 is 0 Å². The first-order valence-electron chi connectivity index (χ1n) is 8.20. The van der Waals surface area contributed by atoms with E-state index in [4.69, 9.17) is 0 Å². The minimum Gasteiger partial charge on any atom is -0.469 e. The minimum atomic E-state index is -2.55. The predicted octanol–water partition coefficient (Wildman–Crippen LogP) is 3.63. The number of carbonyl (C=O) groups excluding carboxylic acids is 1. The molecule has 8 heteroatoms. The largest absolute Gasteiger partial charge is 0.469 e. The fourth-order valence-corrected chi connectivity index (χ4v) is 3.25. The van der Waals surface area contributed by atoms with Gasteiger partial charge in [-0.25, -0.2) is 4.39 Å². The summed E-state index contributed by atoms with van der Waals surface area (Å²) in [5.74, 6) is -0.622. The maximum absolute atomic E-state index is 13.1. The van der Waals surface area contributed by atoms with E-state index in [1.54, 1.807) is 30.3 Å². The number of benzene rings is 2. The quantitative estimate of drug-likeness (QED) is 0.604. The Labute approximate surface area is 156 Å². The first kappa shape index (κ1) is 18.8. The summed E-state index contributed by atoms with van der Waals surface area (Å²) in [5.41, 5.74) is 3.02. The Kier molecular flexibility index (Phi) is 5.66. The summed E-state index contributed by atoms with van der Waals surface area (Å²) in [4.78, 5) is 11.5. The minimum absolute atomic E-state index is 0.215. The van der Waals surface area contributed by atoms with E-state index in [1.165, 1.54) is 19.2 Å². The number of methoxy groups -OCH3 is 1. The second-order valence-corrected chi connectivity index (χ2v) is 6.60. The highest BCUT2D eigenvalue weighted by Crippen LogP contribution is 2.28. The van der Waals surface area contributed by atoms with Crippen LogP contribution in [-0.2, 0) is 33.0 Å². The summed E-state index contributed by atoms with van der Waals surface area (Å²) in [6.45, 7) is 0.427. The van der Waals surface area contributed by atoms with Crippen molar-refractivity contribution in [2.45, 2.75) is 19.4 Å². The first-order chi connectivity index (χ1) is 13.0. The third kappa shape index (κ3) is 4.59. The number of hydrogen-bond acceptors (Lipinski definition) is 5. The van der Waals surface area contributed by atoms with Crippen molar-refractivity contribution in [1.82, 2.24) is 4.57 Å². The third-order valence-corrected chi connectivity index (χ3v) is 4.58. The third-order valence-electron chi connectivity index (χ3n) is 4.22. The molecule has 0 amide bonds. The Bertz CT molecular complexity index is 1110. The lowest BCUT2D eigenvalue weighted by molar-refractivity contribution is -0.140. The van der Waals surface area contributed by atoms with E-state index in [-0.39, 0.29) is 18.2 Å². The Morgan fingerprint density at radius 2 is 1.93 bits per heavy atom. The zero-order chi connectivity index (χ0) is 19.4. The summed E-state index contributed by atoms with van der Waals surface area (Å²) in [6, 6.07) is 11.3. The van der Waals surface area contributed by atoms with E-state index in [2.05, 4.69) is 9.10 Å². The van der Waals surface area contributed by atoms with Gasteiger partial charge in [0.2, 0.25) is 0 Å². The Morgan fingerprint density at radius 1 is 1.19 bits per heavy atom. The lowest BCUT2D eigenvalue weighted by Gasteiger charge is -2.04. The molecule has 3 aromatic rings. The normalized spacial score (nSPS) is 10.7. The van der Waals surface area contributed by atoms with Crippen LogP contribution in [0.15, 0.2) is 53.0 Å². The molecule has 0 fully saturated rings. The van der Waals surface area contributed by atoms with Crippen LogP contribution >= 0.6 is 0 Å². The van der Waals surface area contributed by atoms with Gasteiger partial charge in [0, 0.05) is 23.6 Å². The van der Waals surface area contributed by atoms with Crippen LogP contribution in [0.2, 0.25) is 0 Å². The standard InChI is InChI=1S/C19H17FN2O4S/c1-26-19(23)8-9-22-12-14(10-13-2-4-15(20)5-3-13)17-11-16(21-27(24)25)6-7-18(17)22/h2-7,11-12H,8-10H2,1H3. The molecule has 0 spiro atoms. The number of esters is 1. The van der Waals surface area contributed by atoms with E-state index in [0.717, 1.165) is 22.0 Å². The van der Waals surface area contributed by atoms with Crippen LogP contribution in [0, 0.1) is 5.82 Å². The van der Waals surface area contributed by atoms with E-state index >= 15 is 0 Å². The van der Waals surface area contributed by atoms with Gasteiger partial charge in [-0.3, -0.25) is 4.79 Å². The van der Waals surface area contributed by atoms with Crippen molar-refractivity contribution in [1.29, 1.82) is 0 Å². The van der Waals surface area contributed by atoms with Crippen molar-refractivity contribution in [3.63, 3.8) is 0 Å². The molecule has 2 aromatic carbocycles. The number of aryl methyl sites for hydroxylation is 1. The molecule has 0 radical (unpaired) electrons. The van der Waals surface area contributed by atoms with Gasteiger partial charge in [0.05, 0.1) is 19.2 Å². The molecule has 0 aliphatic rings. The summed E-state index contributed by atoms with van der Waals surface area (Å²) >= 11 is 0. The van der Waals surface area contributed by atoms with Crippen molar-refractivity contribution in [3.05, 3.63) is 65.6 Å². The molecule has 3 rings (SSSR count). The highest BCUT2D eigenvalue weighted by atomic mass is 32.2. The second kappa shape index (κ2) is 8.13. The van der Waals surface area contributed by atoms with Gasteiger partial charge in [-0.2, -0.15) is 8.42 Å². The molecule has 1 aromatic heterocycles. The van der Waals surface area contributed by atoms with E-state index in [1.807, 2.05) is 10.8 Å². The predicted molar refractivity (Wildman–Crippen MR) is 98.8 cm³/mol. The van der Waals surface area contributed by atoms with Gasteiger partial charge in [0.15, 0.2) is 0 Å². The number of hydrogen-bond donors (Lipinski definition) is 0. The molecular weight excluding hydrogens is 371 g/mol. The van der Waals surface area contributed by atoms with Crippen LogP contribution in [0.1, 0.15) is 17.5 Å². The molecule has 0 aliphatic carbocycles. The van der Waals surface area contributed by atoms with Gasteiger partial charge >= 0.3 is 16.5 Å². The van der Waals surface area contributed by atoms with Crippen LogP contribution in [0.25, 0.3) is 10.9 Å². The van der Waals surface area contributed by atoms with E-state index in [9.17, 15) is 17.6 Å². The number of ether oxygens (including phenoxy) is 1. The molecule has 6 nitrogen and oxygen atoms in total. The van der Waals surface area contributed by atoms with Crippen molar-refractivity contribution < 1.29 is 22.3 Å². The highest BCUT2D eigenvalue weighted by molar-refractivity contribution is 7.61. The lowest BCUT2D eigenvalue weighted by atomic mass is 10.0. The SMILES string of the molecule is COC(=O)CCn1cc(Cc2ccc(F)cc2)c2cc(N=S(=O)=O)ccc21. The van der Waals surface area contributed by atoms with Crippen LogP contribution in [0.3, 0.4) is 0 Å². The monoisotopic (exact) mass is 388 g/mol. The van der Waals surface area contributed by atoms with Gasteiger partial charge in [0.1, 0.15) is 5.82 Å². The Hall–Kier alpha value is -3.00. The molecule has 1 heterocycles. The maximum atomic E-state index is 13.1. The summed E-state index contributed by atoms with van der Waals surface area (Å²) in [7, 11) is -1.21. The zero-order valence-electron chi connectivity index (χ0n) is 14.6. The summed E-state index contributed by atoms with van der Waals surface area (Å²) in [6.07, 6.45) is 2.66. The number of nitrogens with zero attached hydrogens (tertiary/aromatic N) is 2. The second-order valence-electron chi connectivity index (χ2n) is 5.99. The molecule has 0 unspecified atom stereocenters.